The predicted octanol–water partition coefficient (Wildman–Crippen LogP) is 2.38. The van der Waals surface area contributed by atoms with Crippen LogP contribution < -0.4 is 4.84 Å². The Hall–Kier alpha value is -1.59. The van der Waals surface area contributed by atoms with Gasteiger partial charge < -0.3 is 4.84 Å². The van der Waals surface area contributed by atoms with E-state index in [4.69, 9.17) is 18.7 Å². The van der Waals surface area contributed by atoms with Gasteiger partial charge in [0.25, 0.3) is 0 Å². The Morgan fingerprint density at radius 3 is 2.23 bits per heavy atom. The van der Waals surface area contributed by atoms with E-state index in [1.807, 2.05) is 24.3 Å². The smallest absolute Gasteiger partial charge is 0.373 e. The minimum absolute atomic E-state index is 0.479. The van der Waals surface area contributed by atoms with Crippen LogP contribution in [0, 0.1) is 0 Å². The Balaban J connectivity index is 1.30. The van der Waals surface area contributed by atoms with Crippen LogP contribution in [0.2, 0.25) is 0 Å². The van der Waals surface area contributed by atoms with Crippen LogP contribution in [0.4, 0.5) is 0 Å². The SMILES string of the molecule is O=P(ON1CCCC1)(ON1CCCC1)ON1CCCC1On1nnc2ccccc21. The van der Waals surface area contributed by atoms with Gasteiger partial charge in [0.1, 0.15) is 11.0 Å². The first-order chi connectivity index (χ1) is 14.7. The van der Waals surface area contributed by atoms with Gasteiger partial charge in [-0.25, -0.2) is 4.57 Å². The maximum Gasteiger partial charge on any atom is 0.525 e. The molecule has 1 aromatic heterocycles. The first-order valence-corrected chi connectivity index (χ1v) is 12.1. The van der Waals surface area contributed by atoms with E-state index in [1.54, 1.807) is 15.2 Å². The quantitative estimate of drug-likeness (QED) is 0.572. The summed E-state index contributed by atoms with van der Waals surface area (Å²) in [6, 6.07) is 7.55. The highest BCUT2D eigenvalue weighted by atomic mass is 31.2. The van der Waals surface area contributed by atoms with Crippen molar-refractivity contribution in [1.29, 1.82) is 0 Å². The van der Waals surface area contributed by atoms with Gasteiger partial charge in [-0.1, -0.05) is 17.0 Å². The van der Waals surface area contributed by atoms with Crippen molar-refractivity contribution in [3.05, 3.63) is 24.3 Å². The Bertz CT molecular complexity index is 878. The van der Waals surface area contributed by atoms with Crippen LogP contribution in [0.1, 0.15) is 38.5 Å². The number of hydrogen-bond donors (Lipinski definition) is 0. The number of benzene rings is 1. The van der Waals surface area contributed by atoms with E-state index < -0.39 is 14.1 Å². The van der Waals surface area contributed by atoms with Gasteiger partial charge in [-0.05, 0) is 49.5 Å². The molecule has 0 aliphatic carbocycles. The maximum absolute atomic E-state index is 13.6. The lowest BCUT2D eigenvalue weighted by molar-refractivity contribution is -0.219. The van der Waals surface area contributed by atoms with Crippen molar-refractivity contribution in [2.45, 2.75) is 44.8 Å². The minimum atomic E-state index is -3.89. The zero-order valence-electron chi connectivity index (χ0n) is 16.8. The van der Waals surface area contributed by atoms with E-state index in [0.717, 1.165) is 43.1 Å². The molecule has 11 nitrogen and oxygen atoms in total. The number of rotatable bonds is 8. The van der Waals surface area contributed by atoms with Crippen molar-refractivity contribution >= 4 is 18.9 Å². The van der Waals surface area contributed by atoms with E-state index in [-0.39, 0.29) is 0 Å². The first-order valence-electron chi connectivity index (χ1n) is 10.6. The second-order valence-electron chi connectivity index (χ2n) is 7.76. The molecule has 1 aromatic carbocycles. The van der Waals surface area contributed by atoms with Crippen LogP contribution in [0.5, 0.6) is 0 Å². The maximum atomic E-state index is 13.6. The summed E-state index contributed by atoms with van der Waals surface area (Å²) in [5.41, 5.74) is 1.50. The average molecular weight is 438 g/mol. The molecule has 1 unspecified atom stereocenters. The summed E-state index contributed by atoms with van der Waals surface area (Å²) < 4.78 is 30.9. The van der Waals surface area contributed by atoms with E-state index in [1.165, 1.54) is 4.85 Å². The number of aromatic nitrogens is 3. The van der Waals surface area contributed by atoms with Crippen LogP contribution in [-0.4, -0.2) is 69.3 Å². The summed E-state index contributed by atoms with van der Waals surface area (Å²) in [5, 5.41) is 13.1. The third kappa shape index (κ3) is 4.52. The zero-order valence-corrected chi connectivity index (χ0v) is 17.7. The van der Waals surface area contributed by atoms with Crippen molar-refractivity contribution in [3.8, 4) is 0 Å². The molecule has 1 atom stereocenters. The molecule has 2 aromatic rings. The Labute approximate surface area is 174 Å². The number of para-hydroxylation sites is 1. The molecule has 0 amide bonds. The molecular weight excluding hydrogens is 411 g/mol. The van der Waals surface area contributed by atoms with Crippen molar-refractivity contribution in [1.82, 2.24) is 30.3 Å². The highest BCUT2D eigenvalue weighted by molar-refractivity contribution is 7.48. The molecule has 12 heteroatoms. The van der Waals surface area contributed by atoms with Gasteiger partial charge in [-0.15, -0.1) is 10.2 Å². The third-order valence-electron chi connectivity index (χ3n) is 5.46. The largest absolute Gasteiger partial charge is 0.525 e. The Morgan fingerprint density at radius 1 is 0.867 bits per heavy atom. The molecule has 30 heavy (non-hydrogen) atoms. The molecule has 5 rings (SSSR count). The summed E-state index contributed by atoms with van der Waals surface area (Å²) in [6.07, 6.45) is 5.04. The Morgan fingerprint density at radius 2 is 1.53 bits per heavy atom. The van der Waals surface area contributed by atoms with E-state index in [0.29, 0.717) is 39.1 Å². The van der Waals surface area contributed by atoms with Crippen LogP contribution >= 0.6 is 7.82 Å². The molecule has 3 fully saturated rings. The summed E-state index contributed by atoms with van der Waals surface area (Å²) in [4.78, 5) is 7.40. The topological polar surface area (TPSA) is 94.4 Å². The van der Waals surface area contributed by atoms with Crippen LogP contribution in [-0.2, 0) is 18.4 Å². The molecular formula is C18H27N6O5P. The number of hydroxylamine groups is 6. The molecule has 0 bridgehead atoms. The molecule has 3 aliphatic rings. The standard InChI is InChI=1S/C18H27N6O5P/c25-30(27-21-11-3-4-12-21,28-22-13-5-6-14-22)29-23-15-7-10-18(23)26-24-17-9-2-1-8-16(17)19-20-24/h1-2,8-9,18H,3-7,10-15H2. The molecule has 0 radical (unpaired) electrons. The minimum Gasteiger partial charge on any atom is -0.373 e. The zero-order chi connectivity index (χ0) is 20.4. The number of fused-ring (bicyclic) bond motifs is 1. The molecule has 0 N–H and O–H groups in total. The summed E-state index contributed by atoms with van der Waals surface area (Å²) in [5.74, 6) is 0. The lowest BCUT2D eigenvalue weighted by Crippen LogP contribution is -2.39. The van der Waals surface area contributed by atoms with Gasteiger partial charge in [-0.3, -0.25) is 0 Å². The highest BCUT2D eigenvalue weighted by Gasteiger charge is 2.42. The summed E-state index contributed by atoms with van der Waals surface area (Å²) in [6.45, 7) is 3.39. The normalized spacial score (nSPS) is 24.3. The van der Waals surface area contributed by atoms with E-state index in [9.17, 15) is 4.57 Å². The first kappa shape index (κ1) is 20.3. The van der Waals surface area contributed by atoms with Crippen molar-refractivity contribution < 1.29 is 23.3 Å². The van der Waals surface area contributed by atoms with Gasteiger partial charge in [0.05, 0.1) is 0 Å². The number of phosphoric acid groups is 1. The van der Waals surface area contributed by atoms with Crippen LogP contribution in [0.15, 0.2) is 24.3 Å². The third-order valence-corrected chi connectivity index (χ3v) is 6.73. The van der Waals surface area contributed by atoms with Gasteiger partial charge in [0, 0.05) is 39.1 Å². The van der Waals surface area contributed by atoms with Gasteiger partial charge in [0.2, 0.25) is 6.23 Å². The second-order valence-corrected chi connectivity index (χ2v) is 9.14. The van der Waals surface area contributed by atoms with Crippen molar-refractivity contribution in [2.24, 2.45) is 0 Å². The lowest BCUT2D eigenvalue weighted by Gasteiger charge is -2.30. The number of nitrogens with zero attached hydrogens (tertiary/aromatic N) is 6. The molecule has 3 aliphatic heterocycles. The molecule has 0 spiro atoms. The lowest BCUT2D eigenvalue weighted by atomic mass is 10.3. The average Bonchev–Trinajstić information content (AvgIpc) is 3.53. The van der Waals surface area contributed by atoms with Gasteiger partial charge in [0.15, 0.2) is 0 Å². The fraction of sp³-hybridized carbons (Fsp3) is 0.667. The van der Waals surface area contributed by atoms with E-state index in [2.05, 4.69) is 10.3 Å². The van der Waals surface area contributed by atoms with Crippen LogP contribution in [0.3, 0.4) is 0 Å². The predicted molar refractivity (Wildman–Crippen MR) is 106 cm³/mol. The van der Waals surface area contributed by atoms with Crippen molar-refractivity contribution in [2.75, 3.05) is 32.7 Å². The fourth-order valence-electron chi connectivity index (χ4n) is 3.94. The highest BCUT2D eigenvalue weighted by Crippen LogP contribution is 2.53. The van der Waals surface area contributed by atoms with Crippen LogP contribution in [0.25, 0.3) is 11.0 Å². The monoisotopic (exact) mass is 438 g/mol. The number of hydrogen-bond acceptors (Lipinski definition) is 10. The molecule has 3 saturated heterocycles. The van der Waals surface area contributed by atoms with Gasteiger partial charge >= 0.3 is 7.82 Å². The Kier molecular flexibility index (Phi) is 6.01. The fourth-order valence-corrected chi connectivity index (χ4v) is 5.37. The summed E-state index contributed by atoms with van der Waals surface area (Å²) in [7, 11) is -3.89. The second kappa shape index (κ2) is 8.88. The van der Waals surface area contributed by atoms with Gasteiger partial charge in [-0.2, -0.15) is 24.0 Å². The molecule has 164 valence electrons. The van der Waals surface area contributed by atoms with E-state index >= 15 is 0 Å². The summed E-state index contributed by atoms with van der Waals surface area (Å²) >= 11 is 0. The van der Waals surface area contributed by atoms with Crippen molar-refractivity contribution in [3.63, 3.8) is 0 Å². The molecule has 4 heterocycles. The molecule has 0 saturated carbocycles.